The molecule has 1 N–H and O–H groups in total. The summed E-state index contributed by atoms with van der Waals surface area (Å²) in [5.41, 5.74) is 12.8. The van der Waals surface area contributed by atoms with E-state index in [9.17, 15) is 5.11 Å². The Morgan fingerprint density at radius 1 is 0.466 bits per heavy atom. The molecule has 292 valence electrons. The van der Waals surface area contributed by atoms with E-state index in [4.69, 9.17) is 9.97 Å². The molecule has 4 nitrogen and oxygen atoms in total. The molecule has 0 atom stereocenters. The number of benzene rings is 6. The van der Waals surface area contributed by atoms with Crippen molar-refractivity contribution in [3.8, 4) is 39.4 Å². The van der Waals surface area contributed by atoms with Crippen LogP contribution in [0.3, 0.4) is 0 Å². The Hall–Kier alpha value is -6.00. The molecule has 2 heterocycles. The maximum atomic E-state index is 11.7. The minimum absolute atomic E-state index is 0.0372. The first-order chi connectivity index (χ1) is 27.4. The van der Waals surface area contributed by atoms with Crippen molar-refractivity contribution in [1.29, 1.82) is 0 Å². The number of phenolic OH excluding ortho intramolecular Hbond substituents is 1. The van der Waals surface area contributed by atoms with Gasteiger partial charge in [0.15, 0.2) is 0 Å². The Bertz CT molecular complexity index is 2800. The minimum atomic E-state index is -0.553. The smallest absolute Gasteiger partial charge is 0.145 e. The summed E-state index contributed by atoms with van der Waals surface area (Å²) in [6, 6.07) is 49.7. The lowest BCUT2D eigenvalue weighted by atomic mass is 9.77. The monoisotopic (exact) mass is 761 g/mol. The maximum Gasteiger partial charge on any atom is 0.145 e. The van der Waals surface area contributed by atoms with Gasteiger partial charge in [-0.2, -0.15) is 0 Å². The number of aromatic nitrogens is 3. The van der Waals surface area contributed by atoms with Crippen LogP contribution < -0.4 is 0 Å². The Morgan fingerprint density at radius 2 is 1.05 bits per heavy atom. The summed E-state index contributed by atoms with van der Waals surface area (Å²) >= 11 is 0. The molecule has 6 aromatic carbocycles. The molecule has 2 aromatic heterocycles. The van der Waals surface area contributed by atoms with Crippen molar-refractivity contribution >= 4 is 21.9 Å². The average molecular weight is 762 g/mol. The average Bonchev–Trinajstić information content (AvgIpc) is 3.60. The van der Waals surface area contributed by atoms with Gasteiger partial charge in [-0.1, -0.05) is 146 Å². The highest BCUT2D eigenvalue weighted by Gasteiger charge is 2.33. The van der Waals surface area contributed by atoms with E-state index in [-0.39, 0.29) is 22.0 Å². The topological polar surface area (TPSA) is 50.9 Å². The van der Waals surface area contributed by atoms with Gasteiger partial charge in [0.05, 0.1) is 27.7 Å². The molecular weight excluding hydrogens is 707 g/mol. The van der Waals surface area contributed by atoms with Gasteiger partial charge in [-0.3, -0.25) is 4.98 Å². The highest BCUT2D eigenvalue weighted by Crippen LogP contribution is 2.45. The van der Waals surface area contributed by atoms with Crippen molar-refractivity contribution in [3.63, 3.8) is 0 Å². The Balaban J connectivity index is 1.48. The normalized spacial score (nSPS) is 12.7. The first kappa shape index (κ1) is 38.9. The fourth-order valence-corrected chi connectivity index (χ4v) is 8.38. The number of fused-ring (bicyclic) bond motifs is 2. The van der Waals surface area contributed by atoms with Gasteiger partial charge in [0.1, 0.15) is 11.6 Å². The van der Waals surface area contributed by atoms with Gasteiger partial charge < -0.3 is 9.67 Å². The molecule has 8 aromatic rings. The second kappa shape index (κ2) is 14.1. The summed E-state index contributed by atoms with van der Waals surface area (Å²) in [4.78, 5) is 10.5. The molecule has 4 heteroatoms. The van der Waals surface area contributed by atoms with Gasteiger partial charge >= 0.3 is 0 Å². The van der Waals surface area contributed by atoms with E-state index < -0.39 is 5.54 Å². The van der Waals surface area contributed by atoms with Gasteiger partial charge in [0.2, 0.25) is 0 Å². The van der Waals surface area contributed by atoms with Crippen molar-refractivity contribution in [1.82, 2.24) is 14.5 Å². The lowest BCUT2D eigenvalue weighted by molar-refractivity contribution is 0.448. The van der Waals surface area contributed by atoms with Crippen molar-refractivity contribution in [2.45, 2.75) is 91.0 Å². The number of hydrogen-bond donors (Lipinski definition) is 1. The van der Waals surface area contributed by atoms with E-state index in [1.54, 1.807) is 0 Å². The summed E-state index contributed by atoms with van der Waals surface area (Å²) < 4.78 is 2.36. The van der Waals surface area contributed by atoms with Crippen LogP contribution in [0.5, 0.6) is 5.75 Å². The Morgan fingerprint density at radius 3 is 1.69 bits per heavy atom. The van der Waals surface area contributed by atoms with E-state index in [0.29, 0.717) is 5.56 Å². The number of pyridine rings is 1. The molecule has 8 rings (SSSR count). The zero-order valence-corrected chi connectivity index (χ0v) is 35.6. The fourth-order valence-electron chi connectivity index (χ4n) is 8.38. The van der Waals surface area contributed by atoms with Crippen LogP contribution in [0.25, 0.3) is 55.6 Å². The second-order valence-corrected chi connectivity index (χ2v) is 19.0. The van der Waals surface area contributed by atoms with Crippen LogP contribution in [0.2, 0.25) is 0 Å². The first-order valence-corrected chi connectivity index (χ1v) is 20.5. The minimum Gasteiger partial charge on any atom is -0.507 e. The third kappa shape index (κ3) is 6.89. The number of nitrogens with zero attached hydrogens (tertiary/aromatic N) is 3. The second-order valence-electron chi connectivity index (χ2n) is 19.0. The molecule has 0 aliphatic carbocycles. The van der Waals surface area contributed by atoms with E-state index >= 15 is 0 Å². The van der Waals surface area contributed by atoms with Gasteiger partial charge in [0, 0.05) is 28.1 Å². The van der Waals surface area contributed by atoms with Crippen molar-refractivity contribution in [2.75, 3.05) is 0 Å². The molecule has 0 aliphatic heterocycles. The van der Waals surface area contributed by atoms with Gasteiger partial charge in [-0.05, 0) is 112 Å². The zero-order valence-electron chi connectivity index (χ0n) is 35.6. The highest BCUT2D eigenvalue weighted by molar-refractivity contribution is 5.99. The van der Waals surface area contributed by atoms with E-state index in [1.807, 2.05) is 24.4 Å². The van der Waals surface area contributed by atoms with Crippen LogP contribution in [0.1, 0.15) is 97.1 Å². The van der Waals surface area contributed by atoms with E-state index in [1.165, 1.54) is 16.7 Å². The molecule has 0 aliphatic rings. The molecule has 0 radical (unpaired) electrons. The van der Waals surface area contributed by atoms with Crippen molar-refractivity contribution in [3.05, 3.63) is 174 Å². The van der Waals surface area contributed by atoms with Crippen LogP contribution in [-0.4, -0.2) is 19.6 Å². The largest absolute Gasteiger partial charge is 0.507 e. The molecule has 0 spiro atoms. The van der Waals surface area contributed by atoms with Crippen LogP contribution in [0.15, 0.2) is 146 Å². The number of hydrogen-bond acceptors (Lipinski definition) is 3. The molecule has 0 saturated heterocycles. The SMILES string of the molecule is CC(C)(C)c1ccc(O)c(-c2nc3c(-c4cccc(-c5cc(C(C)(C)C)cc6cccnc56)c4)cc(C(C)(C)c4ccccc4)cc3n2C(C)(C)c2ccccc2)c1. The number of imidazole rings is 1. The Labute approximate surface area is 344 Å². The number of phenols is 1. The lowest BCUT2D eigenvalue weighted by Gasteiger charge is -2.32. The van der Waals surface area contributed by atoms with E-state index in [2.05, 4.69) is 195 Å². The summed E-state index contributed by atoms with van der Waals surface area (Å²) in [5, 5.41) is 12.9. The number of aromatic hydroxyl groups is 1. The predicted octanol–water partition coefficient (Wildman–Crippen LogP) is 14.0. The summed E-state index contributed by atoms with van der Waals surface area (Å²) in [5.74, 6) is 0.938. The summed E-state index contributed by atoms with van der Waals surface area (Å²) in [6.07, 6.45) is 1.89. The molecule has 58 heavy (non-hydrogen) atoms. The maximum absolute atomic E-state index is 11.7. The van der Waals surface area contributed by atoms with E-state index in [0.717, 1.165) is 61.1 Å². The Kier molecular flexibility index (Phi) is 9.46. The van der Waals surface area contributed by atoms with Crippen LogP contribution >= 0.6 is 0 Å². The third-order valence-corrected chi connectivity index (χ3v) is 12.2. The molecule has 0 unspecified atom stereocenters. The molecule has 0 fully saturated rings. The van der Waals surface area contributed by atoms with Crippen molar-refractivity contribution in [2.24, 2.45) is 0 Å². The molecular formula is C54H55N3O. The lowest BCUT2D eigenvalue weighted by Crippen LogP contribution is -2.28. The zero-order chi connectivity index (χ0) is 41.2. The van der Waals surface area contributed by atoms with Gasteiger partial charge in [0.25, 0.3) is 0 Å². The van der Waals surface area contributed by atoms with Gasteiger partial charge in [-0.15, -0.1) is 0 Å². The standard InChI is InChI=1S/C54H55N3O/c1-51(2,3)40-26-27-47(58)45(31-40)50-56-49-44(36-20-17-19-35(29-36)43-32-41(52(4,5)6)30-37-21-18-28-55-48(37)43)33-42(53(7,8)38-22-13-11-14-23-38)34-46(49)57(50)54(9,10)39-24-15-12-16-25-39/h11-34,58H,1-10H3. The molecule has 0 bridgehead atoms. The third-order valence-electron chi connectivity index (χ3n) is 12.2. The van der Waals surface area contributed by atoms with Crippen LogP contribution in [0, 0.1) is 0 Å². The highest BCUT2D eigenvalue weighted by atomic mass is 16.3. The first-order valence-electron chi connectivity index (χ1n) is 20.5. The van der Waals surface area contributed by atoms with Crippen LogP contribution in [0.4, 0.5) is 0 Å². The summed E-state index contributed by atoms with van der Waals surface area (Å²) in [7, 11) is 0. The van der Waals surface area contributed by atoms with Crippen molar-refractivity contribution < 1.29 is 5.11 Å². The predicted molar refractivity (Wildman–Crippen MR) is 244 cm³/mol. The quantitative estimate of drug-likeness (QED) is 0.176. The fraction of sp³-hybridized carbons (Fsp3) is 0.259. The summed E-state index contributed by atoms with van der Waals surface area (Å²) in [6.45, 7) is 22.5. The van der Waals surface area contributed by atoms with Crippen LogP contribution in [-0.2, 0) is 21.8 Å². The molecule has 0 amide bonds. The van der Waals surface area contributed by atoms with Gasteiger partial charge in [-0.25, -0.2) is 4.98 Å². The molecule has 0 saturated carbocycles. The number of rotatable bonds is 7.